The largest absolute Gasteiger partial charge is 0.224 e. The Hall–Kier alpha value is -0.140. The number of unbranched alkanes of at least 4 members (excludes halogenated alkanes) is 5. The zero-order valence-corrected chi connectivity index (χ0v) is 12.9. The van der Waals surface area contributed by atoms with Crippen LogP contribution >= 0.6 is 0 Å². The van der Waals surface area contributed by atoms with Gasteiger partial charge in [-0.3, -0.25) is 0 Å². The van der Waals surface area contributed by atoms with Crippen molar-refractivity contribution in [2.45, 2.75) is 58.8 Å². The molecule has 0 bridgehead atoms. The van der Waals surface area contributed by atoms with Gasteiger partial charge in [0.1, 0.15) is 0 Å². The molecule has 0 aromatic carbocycles. The first kappa shape index (κ1) is 17.9. The molecule has 0 spiro atoms. The Labute approximate surface area is 111 Å². The van der Waals surface area contributed by atoms with Crippen LogP contribution in [-0.4, -0.2) is 28.3 Å². The highest BCUT2D eigenvalue weighted by atomic mass is 32.3. The summed E-state index contributed by atoms with van der Waals surface area (Å²) >= 11 is 0. The van der Waals surface area contributed by atoms with Gasteiger partial charge in [0.25, 0.3) is 0 Å². The van der Waals surface area contributed by atoms with Gasteiger partial charge in [-0.2, -0.15) is 0 Å². The summed E-state index contributed by atoms with van der Waals surface area (Å²) in [6, 6.07) is 0. The highest BCUT2D eigenvalue weighted by Crippen LogP contribution is 2.04. The van der Waals surface area contributed by atoms with Crippen molar-refractivity contribution in [1.29, 1.82) is 0 Å². The van der Waals surface area contributed by atoms with Crippen molar-refractivity contribution in [3.63, 3.8) is 0 Å². The van der Waals surface area contributed by atoms with Gasteiger partial charge in [0.15, 0.2) is 0 Å². The van der Waals surface area contributed by atoms with E-state index in [9.17, 15) is 16.8 Å². The summed E-state index contributed by atoms with van der Waals surface area (Å²) in [6.45, 7) is 4.00. The fourth-order valence-electron chi connectivity index (χ4n) is 1.54. The van der Waals surface area contributed by atoms with Gasteiger partial charge in [-0.25, -0.2) is 16.8 Å². The highest BCUT2D eigenvalue weighted by Gasteiger charge is 2.19. The second-order valence-electron chi connectivity index (χ2n) is 4.49. The Morgan fingerprint density at radius 1 is 0.667 bits per heavy atom. The molecule has 0 atom stereocenters. The second kappa shape index (κ2) is 8.87. The van der Waals surface area contributed by atoms with Gasteiger partial charge in [0.05, 0.1) is 11.5 Å². The molecule has 1 N–H and O–H groups in total. The molecule has 0 amide bonds. The maximum Gasteiger partial charge on any atom is 0.224 e. The van der Waals surface area contributed by atoms with Crippen LogP contribution in [0.5, 0.6) is 0 Å². The van der Waals surface area contributed by atoms with E-state index in [-0.39, 0.29) is 11.5 Å². The van der Waals surface area contributed by atoms with Crippen molar-refractivity contribution >= 4 is 20.0 Å². The predicted molar refractivity (Wildman–Crippen MR) is 74.4 cm³/mol. The average molecular weight is 299 g/mol. The summed E-state index contributed by atoms with van der Waals surface area (Å²) in [7, 11) is -7.39. The summed E-state index contributed by atoms with van der Waals surface area (Å²) in [5, 5.41) is 0. The van der Waals surface area contributed by atoms with Crippen molar-refractivity contribution in [2.75, 3.05) is 11.5 Å². The number of hydrogen-bond donors (Lipinski definition) is 1. The number of hydrogen-bond acceptors (Lipinski definition) is 4. The van der Waals surface area contributed by atoms with Crippen LogP contribution in [0.4, 0.5) is 0 Å². The normalized spacial score (nSPS) is 12.8. The molecule has 0 heterocycles. The van der Waals surface area contributed by atoms with E-state index in [4.69, 9.17) is 0 Å². The van der Waals surface area contributed by atoms with Gasteiger partial charge in [-0.1, -0.05) is 46.0 Å². The second-order valence-corrected chi connectivity index (χ2v) is 8.43. The van der Waals surface area contributed by atoms with Crippen LogP contribution in [-0.2, 0) is 20.0 Å². The first-order chi connectivity index (χ1) is 8.33. The van der Waals surface area contributed by atoms with E-state index >= 15 is 0 Å². The SMILES string of the molecule is CCCCCCS(=O)(=O)NS(=O)(=O)CCCCC. The molecule has 0 saturated carbocycles. The van der Waals surface area contributed by atoms with Crippen LogP contribution in [0.15, 0.2) is 0 Å². The third-order valence-electron chi connectivity index (χ3n) is 2.54. The van der Waals surface area contributed by atoms with E-state index < -0.39 is 20.0 Å². The standard InChI is InChI=1S/C11H25NO4S2/c1-3-5-7-9-11-18(15,16)12-17(13,14)10-8-6-4-2/h12H,3-11H2,1-2H3. The Bertz CT molecular complexity index is 401. The van der Waals surface area contributed by atoms with Crippen LogP contribution in [0.25, 0.3) is 0 Å². The molecule has 0 unspecified atom stereocenters. The first-order valence-corrected chi connectivity index (χ1v) is 9.87. The Morgan fingerprint density at radius 2 is 1.06 bits per heavy atom. The monoisotopic (exact) mass is 299 g/mol. The molecule has 0 aliphatic heterocycles. The lowest BCUT2D eigenvalue weighted by Crippen LogP contribution is -2.34. The summed E-state index contributed by atoms with van der Waals surface area (Å²) in [4.78, 5) is 0. The van der Waals surface area contributed by atoms with Crippen molar-refractivity contribution in [1.82, 2.24) is 4.13 Å². The van der Waals surface area contributed by atoms with Crippen LogP contribution in [0, 0.1) is 0 Å². The van der Waals surface area contributed by atoms with Gasteiger partial charge in [-0.05, 0) is 12.8 Å². The third kappa shape index (κ3) is 9.85. The summed E-state index contributed by atoms with van der Waals surface area (Å²) < 4.78 is 48.0. The molecule has 0 aromatic heterocycles. The van der Waals surface area contributed by atoms with E-state index in [1.54, 1.807) is 0 Å². The molecule has 0 rings (SSSR count). The number of nitrogens with one attached hydrogen (secondary N) is 1. The molecule has 0 aromatic rings. The lowest BCUT2D eigenvalue weighted by Gasteiger charge is -2.07. The van der Waals surface area contributed by atoms with Gasteiger partial charge in [-0.15, -0.1) is 4.13 Å². The van der Waals surface area contributed by atoms with Gasteiger partial charge < -0.3 is 0 Å². The lowest BCUT2D eigenvalue weighted by atomic mass is 10.2. The predicted octanol–water partition coefficient (Wildman–Crippen LogP) is 2.01. The number of sulfonamides is 2. The summed E-state index contributed by atoms with van der Waals surface area (Å²) in [5.41, 5.74) is 0. The van der Waals surface area contributed by atoms with Crippen LogP contribution in [0.1, 0.15) is 58.8 Å². The minimum atomic E-state index is -3.69. The molecule has 110 valence electrons. The van der Waals surface area contributed by atoms with E-state index in [0.29, 0.717) is 12.8 Å². The van der Waals surface area contributed by atoms with E-state index in [1.165, 1.54) is 0 Å². The van der Waals surface area contributed by atoms with E-state index in [2.05, 4.69) is 0 Å². The fourth-order valence-corrected chi connectivity index (χ4v) is 4.92. The van der Waals surface area contributed by atoms with Gasteiger partial charge in [0.2, 0.25) is 20.0 Å². The number of rotatable bonds is 11. The van der Waals surface area contributed by atoms with Crippen LogP contribution in [0.2, 0.25) is 0 Å². The minimum Gasteiger partial charge on any atom is -0.211 e. The zero-order chi connectivity index (χ0) is 14.1. The Balaban J connectivity index is 4.13. The van der Waals surface area contributed by atoms with E-state index in [0.717, 1.165) is 32.1 Å². The molecule has 0 aliphatic rings. The molecule has 7 heteroatoms. The lowest BCUT2D eigenvalue weighted by molar-refractivity contribution is 0.571. The Morgan fingerprint density at radius 3 is 1.50 bits per heavy atom. The van der Waals surface area contributed by atoms with Crippen molar-refractivity contribution in [2.24, 2.45) is 0 Å². The molecule has 0 saturated heterocycles. The molecule has 5 nitrogen and oxygen atoms in total. The average Bonchev–Trinajstić information content (AvgIpc) is 2.23. The maximum absolute atomic E-state index is 11.6. The van der Waals surface area contributed by atoms with Crippen LogP contribution in [0.3, 0.4) is 0 Å². The summed E-state index contributed by atoms with van der Waals surface area (Å²) in [6.07, 6.45) is 5.50. The Kier molecular flexibility index (Phi) is 8.81. The molecule has 0 fully saturated rings. The minimum absolute atomic E-state index is 0.111. The maximum atomic E-state index is 11.6. The molecule has 18 heavy (non-hydrogen) atoms. The fraction of sp³-hybridized carbons (Fsp3) is 1.00. The van der Waals surface area contributed by atoms with Crippen molar-refractivity contribution < 1.29 is 16.8 Å². The third-order valence-corrected chi connectivity index (χ3v) is 6.22. The zero-order valence-electron chi connectivity index (χ0n) is 11.3. The molecular formula is C11H25NO4S2. The smallest absolute Gasteiger partial charge is 0.211 e. The molecule has 0 radical (unpaired) electrons. The van der Waals surface area contributed by atoms with Crippen molar-refractivity contribution in [3.05, 3.63) is 0 Å². The molecule has 0 aliphatic carbocycles. The quantitative estimate of drug-likeness (QED) is 0.592. The van der Waals surface area contributed by atoms with Gasteiger partial charge in [0, 0.05) is 0 Å². The topological polar surface area (TPSA) is 80.3 Å². The van der Waals surface area contributed by atoms with E-state index in [1.807, 2.05) is 18.0 Å². The first-order valence-electron chi connectivity index (χ1n) is 6.57. The van der Waals surface area contributed by atoms with Crippen LogP contribution < -0.4 is 4.13 Å². The summed E-state index contributed by atoms with van der Waals surface area (Å²) in [5.74, 6) is -0.227. The highest BCUT2D eigenvalue weighted by molar-refractivity contribution is 8.04. The van der Waals surface area contributed by atoms with Crippen molar-refractivity contribution in [3.8, 4) is 0 Å². The van der Waals surface area contributed by atoms with Gasteiger partial charge >= 0.3 is 0 Å². The molecular weight excluding hydrogens is 274 g/mol.